The maximum atomic E-state index is 11.8. The minimum atomic E-state index is -0.136. The lowest BCUT2D eigenvalue weighted by Crippen LogP contribution is -2.31. The van der Waals surface area contributed by atoms with Crippen LogP contribution in [0.25, 0.3) is 0 Å². The molecule has 0 N–H and O–H groups in total. The Balaban J connectivity index is 2.46. The lowest BCUT2D eigenvalue weighted by molar-refractivity contribution is -0.127. The van der Waals surface area contributed by atoms with Crippen LogP contribution in [0.5, 0.6) is 0 Å². The summed E-state index contributed by atoms with van der Waals surface area (Å²) in [4.78, 5) is 13.6. The van der Waals surface area contributed by atoms with Crippen molar-refractivity contribution in [2.75, 3.05) is 18.8 Å². The van der Waals surface area contributed by atoms with E-state index in [-0.39, 0.29) is 11.2 Å². The second kappa shape index (κ2) is 8.40. The van der Waals surface area contributed by atoms with E-state index in [1.165, 1.54) is 34.9 Å². The second-order valence-corrected chi connectivity index (χ2v) is 7.37. The second-order valence-electron chi connectivity index (χ2n) is 3.58. The highest BCUT2D eigenvalue weighted by molar-refractivity contribution is 8.03. The van der Waals surface area contributed by atoms with Crippen LogP contribution >= 0.6 is 34.9 Å². The topological polar surface area (TPSA) is 69.9 Å². The molecule has 104 valence electrons. The van der Waals surface area contributed by atoms with Crippen LogP contribution in [0.3, 0.4) is 0 Å². The molecular formula is C11H16N4OS3. The van der Waals surface area contributed by atoms with Gasteiger partial charge in [0.05, 0.1) is 17.1 Å². The van der Waals surface area contributed by atoms with Gasteiger partial charge in [-0.1, -0.05) is 34.9 Å². The van der Waals surface area contributed by atoms with Gasteiger partial charge in [-0.15, -0.1) is 10.2 Å². The predicted molar refractivity (Wildman–Crippen MR) is 79.5 cm³/mol. The number of hydrogen-bond acceptors (Lipinski definition) is 7. The first-order chi connectivity index (χ1) is 9.10. The average Bonchev–Trinajstić information content (AvgIpc) is 2.85. The van der Waals surface area contributed by atoms with Crippen LogP contribution in [0.2, 0.25) is 0 Å². The highest BCUT2D eigenvalue weighted by Crippen LogP contribution is 2.30. The largest absolute Gasteiger partial charge is 0.343 e. The van der Waals surface area contributed by atoms with Crippen molar-refractivity contribution in [3.63, 3.8) is 0 Å². The van der Waals surface area contributed by atoms with Gasteiger partial charge in [0.15, 0.2) is 8.68 Å². The van der Waals surface area contributed by atoms with E-state index in [4.69, 9.17) is 5.26 Å². The number of carbonyl (C=O) groups excluding carboxylic acids is 1. The number of amides is 1. The minimum Gasteiger partial charge on any atom is -0.343 e. The van der Waals surface area contributed by atoms with Crippen LogP contribution in [-0.2, 0) is 4.79 Å². The molecule has 0 aromatic carbocycles. The summed E-state index contributed by atoms with van der Waals surface area (Å²) in [6.07, 6.45) is 0. The fourth-order valence-corrected chi connectivity index (χ4v) is 4.23. The van der Waals surface area contributed by atoms with Crippen LogP contribution < -0.4 is 0 Å². The number of aromatic nitrogens is 2. The van der Waals surface area contributed by atoms with Crippen molar-refractivity contribution in [3.05, 3.63) is 0 Å². The Morgan fingerprint density at radius 3 is 2.63 bits per heavy atom. The molecule has 0 spiro atoms. The van der Waals surface area contributed by atoms with Gasteiger partial charge < -0.3 is 4.90 Å². The SMILES string of the molecule is CCN(CC)C(=O)CSc1nnc(SC(C)C#N)s1. The molecule has 8 heteroatoms. The zero-order chi connectivity index (χ0) is 14.3. The van der Waals surface area contributed by atoms with Crippen LogP contribution in [0.1, 0.15) is 20.8 Å². The number of nitrogens with zero attached hydrogens (tertiary/aromatic N) is 4. The Hall–Kier alpha value is -0.780. The molecule has 0 bridgehead atoms. The van der Waals surface area contributed by atoms with E-state index in [1.807, 2.05) is 20.8 Å². The molecule has 1 atom stereocenters. The fourth-order valence-electron chi connectivity index (χ4n) is 1.27. The third-order valence-electron chi connectivity index (χ3n) is 2.28. The molecule has 0 aliphatic heterocycles. The number of carbonyl (C=O) groups is 1. The molecule has 1 amide bonds. The summed E-state index contributed by atoms with van der Waals surface area (Å²) < 4.78 is 1.54. The Morgan fingerprint density at radius 2 is 2.05 bits per heavy atom. The van der Waals surface area contributed by atoms with Crippen molar-refractivity contribution in [1.82, 2.24) is 15.1 Å². The van der Waals surface area contributed by atoms with E-state index < -0.39 is 0 Å². The highest BCUT2D eigenvalue weighted by atomic mass is 32.2. The predicted octanol–water partition coefficient (Wildman–Crippen LogP) is 2.50. The maximum absolute atomic E-state index is 11.8. The summed E-state index contributed by atoms with van der Waals surface area (Å²) in [6, 6.07) is 2.14. The van der Waals surface area contributed by atoms with Crippen molar-refractivity contribution in [2.24, 2.45) is 0 Å². The highest BCUT2D eigenvalue weighted by Gasteiger charge is 2.13. The molecule has 1 aromatic rings. The first kappa shape index (κ1) is 16.3. The first-order valence-electron chi connectivity index (χ1n) is 5.91. The van der Waals surface area contributed by atoms with E-state index in [2.05, 4.69) is 16.3 Å². The molecular weight excluding hydrogens is 300 g/mol. The van der Waals surface area contributed by atoms with Gasteiger partial charge in [-0.3, -0.25) is 4.79 Å². The van der Waals surface area contributed by atoms with E-state index in [0.29, 0.717) is 5.75 Å². The van der Waals surface area contributed by atoms with Gasteiger partial charge >= 0.3 is 0 Å². The summed E-state index contributed by atoms with van der Waals surface area (Å²) in [5, 5.41) is 16.6. The lowest BCUT2D eigenvalue weighted by Gasteiger charge is -2.17. The Labute approximate surface area is 125 Å². The van der Waals surface area contributed by atoms with Crippen molar-refractivity contribution in [2.45, 2.75) is 34.7 Å². The van der Waals surface area contributed by atoms with Gasteiger partial charge in [-0.05, 0) is 20.8 Å². The first-order valence-corrected chi connectivity index (χ1v) is 8.59. The number of hydrogen-bond donors (Lipinski definition) is 0. The molecule has 0 saturated carbocycles. The Bertz CT molecular complexity index is 453. The van der Waals surface area contributed by atoms with Crippen LogP contribution in [-0.4, -0.2) is 45.1 Å². The molecule has 19 heavy (non-hydrogen) atoms. The van der Waals surface area contributed by atoms with Crippen molar-refractivity contribution in [3.8, 4) is 6.07 Å². The van der Waals surface area contributed by atoms with E-state index >= 15 is 0 Å². The molecule has 0 aliphatic carbocycles. The Kier molecular flexibility index (Phi) is 7.20. The van der Waals surface area contributed by atoms with E-state index in [9.17, 15) is 4.79 Å². The molecule has 1 aromatic heterocycles. The molecule has 0 radical (unpaired) electrons. The fraction of sp³-hybridized carbons (Fsp3) is 0.636. The van der Waals surface area contributed by atoms with Gasteiger partial charge in [-0.25, -0.2) is 0 Å². The van der Waals surface area contributed by atoms with E-state index in [1.54, 1.807) is 4.90 Å². The smallest absolute Gasteiger partial charge is 0.233 e. The van der Waals surface area contributed by atoms with Crippen molar-refractivity contribution >= 4 is 40.8 Å². The zero-order valence-electron chi connectivity index (χ0n) is 11.1. The molecule has 1 heterocycles. The van der Waals surface area contributed by atoms with Crippen LogP contribution in [0, 0.1) is 11.3 Å². The maximum Gasteiger partial charge on any atom is 0.233 e. The van der Waals surface area contributed by atoms with Crippen LogP contribution in [0.4, 0.5) is 0 Å². The molecule has 1 unspecified atom stereocenters. The summed E-state index contributed by atoms with van der Waals surface area (Å²) >= 11 is 4.22. The summed E-state index contributed by atoms with van der Waals surface area (Å²) in [5.74, 6) is 0.499. The lowest BCUT2D eigenvalue weighted by atomic mass is 10.5. The molecule has 0 fully saturated rings. The normalized spacial score (nSPS) is 11.9. The number of rotatable bonds is 7. The quantitative estimate of drug-likeness (QED) is 0.720. The number of thioether (sulfide) groups is 2. The van der Waals surface area contributed by atoms with Gasteiger partial charge in [-0.2, -0.15) is 5.26 Å². The van der Waals surface area contributed by atoms with Gasteiger partial charge in [0.2, 0.25) is 5.91 Å². The summed E-state index contributed by atoms with van der Waals surface area (Å²) in [7, 11) is 0. The third-order valence-corrected chi connectivity index (χ3v) is 5.40. The van der Waals surface area contributed by atoms with Crippen LogP contribution in [0.15, 0.2) is 8.68 Å². The summed E-state index contributed by atoms with van der Waals surface area (Å²) in [6.45, 7) is 7.21. The zero-order valence-corrected chi connectivity index (χ0v) is 13.6. The van der Waals surface area contributed by atoms with E-state index in [0.717, 1.165) is 21.8 Å². The van der Waals surface area contributed by atoms with Gasteiger partial charge in [0, 0.05) is 13.1 Å². The minimum absolute atomic E-state index is 0.116. The molecule has 5 nitrogen and oxygen atoms in total. The van der Waals surface area contributed by atoms with Gasteiger partial charge in [0.1, 0.15) is 0 Å². The molecule has 0 aliphatic rings. The average molecular weight is 316 g/mol. The molecule has 0 saturated heterocycles. The third kappa shape index (κ3) is 5.38. The molecule has 1 rings (SSSR count). The van der Waals surface area contributed by atoms with Crippen molar-refractivity contribution in [1.29, 1.82) is 5.26 Å². The van der Waals surface area contributed by atoms with Gasteiger partial charge in [0.25, 0.3) is 0 Å². The summed E-state index contributed by atoms with van der Waals surface area (Å²) in [5.41, 5.74) is 0. The number of nitriles is 1. The van der Waals surface area contributed by atoms with Crippen molar-refractivity contribution < 1.29 is 4.79 Å². The Morgan fingerprint density at radius 1 is 1.42 bits per heavy atom. The monoisotopic (exact) mass is 316 g/mol. The standard InChI is InChI=1S/C11H16N4OS3/c1-4-15(5-2)9(16)7-17-10-13-14-11(19-10)18-8(3)6-12/h8H,4-5,7H2,1-3H3.